The number of rotatable bonds is 4. The lowest BCUT2D eigenvalue weighted by Crippen LogP contribution is -2.10. The average molecular weight is 366 g/mol. The van der Waals surface area contributed by atoms with Gasteiger partial charge in [-0.2, -0.15) is 0 Å². The van der Waals surface area contributed by atoms with Crippen molar-refractivity contribution >= 4 is 27.9 Å². The highest BCUT2D eigenvalue weighted by Gasteiger charge is 2.21. The Kier molecular flexibility index (Phi) is 4.42. The standard InChI is InChI=1S/C16H16BrNO2S/c1-19-14-5-3-11(15(8-14)20-2)9-18-10-12-7-13(17)4-6-16(12)21-18/h3-8H,9-10H2,1-2H3. The van der Waals surface area contributed by atoms with Crippen LogP contribution in [0.25, 0.3) is 0 Å². The molecule has 1 aliphatic rings. The molecule has 3 nitrogen and oxygen atoms in total. The van der Waals surface area contributed by atoms with E-state index < -0.39 is 0 Å². The minimum Gasteiger partial charge on any atom is -0.497 e. The number of methoxy groups -OCH3 is 2. The van der Waals surface area contributed by atoms with E-state index in [1.807, 2.05) is 12.1 Å². The lowest BCUT2D eigenvalue weighted by atomic mass is 10.1. The summed E-state index contributed by atoms with van der Waals surface area (Å²) < 4.78 is 14.2. The van der Waals surface area contributed by atoms with Crippen LogP contribution in [0.1, 0.15) is 11.1 Å². The minimum absolute atomic E-state index is 0.817. The van der Waals surface area contributed by atoms with Gasteiger partial charge in [0.2, 0.25) is 0 Å². The summed E-state index contributed by atoms with van der Waals surface area (Å²) in [6, 6.07) is 12.4. The van der Waals surface area contributed by atoms with Gasteiger partial charge in [0.25, 0.3) is 0 Å². The second-order valence-corrected chi connectivity index (χ2v) is 6.87. The second-order valence-electron chi connectivity index (χ2n) is 4.82. The molecule has 0 amide bonds. The fourth-order valence-electron chi connectivity index (χ4n) is 2.38. The first kappa shape index (κ1) is 14.8. The molecule has 0 saturated heterocycles. The molecule has 0 aliphatic carbocycles. The number of nitrogens with zero attached hydrogens (tertiary/aromatic N) is 1. The first-order valence-corrected chi connectivity index (χ1v) is 8.18. The van der Waals surface area contributed by atoms with Crippen LogP contribution in [-0.4, -0.2) is 18.5 Å². The lowest BCUT2D eigenvalue weighted by Gasteiger charge is -2.16. The molecule has 21 heavy (non-hydrogen) atoms. The van der Waals surface area contributed by atoms with E-state index in [1.54, 1.807) is 26.2 Å². The molecule has 0 atom stereocenters. The van der Waals surface area contributed by atoms with Gasteiger partial charge in [0.1, 0.15) is 11.5 Å². The Hall–Kier alpha value is -1.17. The quantitative estimate of drug-likeness (QED) is 0.744. The van der Waals surface area contributed by atoms with E-state index in [0.717, 1.165) is 34.6 Å². The third-order valence-electron chi connectivity index (χ3n) is 3.44. The van der Waals surface area contributed by atoms with Gasteiger partial charge in [0, 0.05) is 34.1 Å². The topological polar surface area (TPSA) is 21.7 Å². The fourth-order valence-corrected chi connectivity index (χ4v) is 3.85. The Morgan fingerprint density at radius 2 is 2.00 bits per heavy atom. The molecule has 1 aliphatic heterocycles. The van der Waals surface area contributed by atoms with Crippen LogP contribution in [0.3, 0.4) is 0 Å². The predicted molar refractivity (Wildman–Crippen MR) is 88.8 cm³/mol. The van der Waals surface area contributed by atoms with Crippen molar-refractivity contribution in [1.82, 2.24) is 4.31 Å². The van der Waals surface area contributed by atoms with E-state index in [0.29, 0.717) is 0 Å². The van der Waals surface area contributed by atoms with E-state index >= 15 is 0 Å². The van der Waals surface area contributed by atoms with Crippen LogP contribution in [0.2, 0.25) is 0 Å². The van der Waals surface area contributed by atoms with Crippen molar-refractivity contribution in [2.75, 3.05) is 14.2 Å². The summed E-state index contributed by atoms with van der Waals surface area (Å²) in [5.74, 6) is 1.68. The number of benzene rings is 2. The van der Waals surface area contributed by atoms with Crippen LogP contribution in [0.4, 0.5) is 0 Å². The molecule has 1 heterocycles. The molecule has 0 radical (unpaired) electrons. The lowest BCUT2D eigenvalue weighted by molar-refractivity contribution is 0.382. The van der Waals surface area contributed by atoms with Gasteiger partial charge < -0.3 is 9.47 Å². The van der Waals surface area contributed by atoms with Gasteiger partial charge in [-0.3, -0.25) is 0 Å². The van der Waals surface area contributed by atoms with Gasteiger partial charge in [0.05, 0.1) is 14.2 Å². The Morgan fingerprint density at radius 1 is 1.14 bits per heavy atom. The van der Waals surface area contributed by atoms with Gasteiger partial charge in [-0.15, -0.1) is 0 Å². The largest absolute Gasteiger partial charge is 0.497 e. The van der Waals surface area contributed by atoms with E-state index in [4.69, 9.17) is 9.47 Å². The van der Waals surface area contributed by atoms with Crippen molar-refractivity contribution < 1.29 is 9.47 Å². The fraction of sp³-hybridized carbons (Fsp3) is 0.250. The predicted octanol–water partition coefficient (Wildman–Crippen LogP) is 4.49. The molecule has 0 N–H and O–H groups in total. The number of halogens is 1. The Bertz CT molecular complexity index is 663. The third-order valence-corrected chi connectivity index (χ3v) is 5.04. The van der Waals surface area contributed by atoms with E-state index in [-0.39, 0.29) is 0 Å². The first-order chi connectivity index (χ1) is 10.2. The van der Waals surface area contributed by atoms with Gasteiger partial charge >= 0.3 is 0 Å². The summed E-state index contributed by atoms with van der Waals surface area (Å²) in [5, 5.41) is 0. The summed E-state index contributed by atoms with van der Waals surface area (Å²) in [6.07, 6.45) is 0. The van der Waals surface area contributed by atoms with Gasteiger partial charge in [-0.05, 0) is 41.8 Å². The second kappa shape index (κ2) is 6.30. The zero-order chi connectivity index (χ0) is 14.8. The molecule has 0 spiro atoms. The molecule has 0 aromatic heterocycles. The van der Waals surface area contributed by atoms with Crippen LogP contribution < -0.4 is 9.47 Å². The van der Waals surface area contributed by atoms with Crippen molar-refractivity contribution in [1.29, 1.82) is 0 Å². The van der Waals surface area contributed by atoms with Gasteiger partial charge in [-0.1, -0.05) is 22.0 Å². The van der Waals surface area contributed by atoms with Crippen molar-refractivity contribution in [3.63, 3.8) is 0 Å². The number of hydrogen-bond donors (Lipinski definition) is 0. The molecule has 0 unspecified atom stereocenters. The molecular weight excluding hydrogens is 350 g/mol. The first-order valence-electron chi connectivity index (χ1n) is 6.62. The highest BCUT2D eigenvalue weighted by atomic mass is 79.9. The summed E-state index contributed by atoms with van der Waals surface area (Å²) in [5.41, 5.74) is 2.53. The summed E-state index contributed by atoms with van der Waals surface area (Å²) >= 11 is 5.32. The van der Waals surface area contributed by atoms with Crippen LogP contribution >= 0.6 is 27.9 Å². The van der Waals surface area contributed by atoms with Crippen molar-refractivity contribution in [3.8, 4) is 11.5 Å². The van der Waals surface area contributed by atoms with Crippen molar-refractivity contribution in [3.05, 3.63) is 52.0 Å². The SMILES string of the molecule is COc1ccc(CN2Cc3cc(Br)ccc3S2)c(OC)c1. The Balaban J connectivity index is 1.77. The molecular formula is C16H16BrNO2S. The van der Waals surface area contributed by atoms with E-state index in [9.17, 15) is 0 Å². The smallest absolute Gasteiger partial charge is 0.127 e. The molecule has 5 heteroatoms. The highest BCUT2D eigenvalue weighted by molar-refractivity contribution is 9.10. The van der Waals surface area contributed by atoms with E-state index in [1.165, 1.54) is 10.5 Å². The number of fused-ring (bicyclic) bond motifs is 1. The van der Waals surface area contributed by atoms with Crippen LogP contribution in [0.15, 0.2) is 45.8 Å². The van der Waals surface area contributed by atoms with Crippen LogP contribution in [-0.2, 0) is 13.1 Å². The molecule has 110 valence electrons. The summed E-state index contributed by atoms with van der Waals surface area (Å²) in [4.78, 5) is 1.32. The summed E-state index contributed by atoms with van der Waals surface area (Å²) in [6.45, 7) is 1.78. The zero-order valence-corrected chi connectivity index (χ0v) is 14.3. The molecule has 0 bridgehead atoms. The maximum Gasteiger partial charge on any atom is 0.127 e. The molecule has 0 fully saturated rings. The van der Waals surface area contributed by atoms with Crippen molar-refractivity contribution in [2.24, 2.45) is 0 Å². The molecule has 2 aromatic carbocycles. The monoisotopic (exact) mass is 365 g/mol. The van der Waals surface area contributed by atoms with E-state index in [2.05, 4.69) is 44.5 Å². The normalized spacial score (nSPS) is 14.0. The van der Waals surface area contributed by atoms with Crippen molar-refractivity contribution in [2.45, 2.75) is 18.0 Å². The summed E-state index contributed by atoms with van der Waals surface area (Å²) in [7, 11) is 3.36. The third kappa shape index (κ3) is 3.20. The Labute approximate surface area is 137 Å². The highest BCUT2D eigenvalue weighted by Crippen LogP contribution is 2.39. The minimum atomic E-state index is 0.817. The average Bonchev–Trinajstić information content (AvgIpc) is 2.89. The molecule has 3 rings (SSSR count). The number of ether oxygens (including phenoxy) is 2. The maximum absolute atomic E-state index is 5.47. The molecule has 2 aromatic rings. The maximum atomic E-state index is 5.47. The zero-order valence-electron chi connectivity index (χ0n) is 11.9. The Morgan fingerprint density at radius 3 is 2.76 bits per heavy atom. The molecule has 0 saturated carbocycles. The van der Waals surface area contributed by atoms with Crippen LogP contribution in [0.5, 0.6) is 11.5 Å². The number of hydrogen-bond acceptors (Lipinski definition) is 4. The van der Waals surface area contributed by atoms with Gasteiger partial charge in [-0.25, -0.2) is 4.31 Å². The van der Waals surface area contributed by atoms with Gasteiger partial charge in [0.15, 0.2) is 0 Å². The van der Waals surface area contributed by atoms with Crippen LogP contribution in [0, 0.1) is 0 Å².